The Balaban J connectivity index is 2.23. The first-order chi connectivity index (χ1) is 7.16. The minimum atomic E-state index is -0.776. The predicted molar refractivity (Wildman–Crippen MR) is 57.4 cm³/mol. The highest BCUT2D eigenvalue weighted by Gasteiger charge is 2.31. The van der Waals surface area contributed by atoms with Gasteiger partial charge in [0.25, 0.3) is 0 Å². The van der Waals surface area contributed by atoms with E-state index in [9.17, 15) is 9.90 Å². The summed E-state index contributed by atoms with van der Waals surface area (Å²) in [5.74, 6) is -0.104. The minimum Gasteiger partial charge on any atom is -0.396 e. The van der Waals surface area contributed by atoms with E-state index >= 15 is 0 Å². The average Bonchev–Trinajstić information content (AvgIpc) is 2.18. The van der Waals surface area contributed by atoms with Gasteiger partial charge in [-0.2, -0.15) is 0 Å². The van der Waals surface area contributed by atoms with E-state index < -0.39 is 5.60 Å². The van der Waals surface area contributed by atoms with Gasteiger partial charge in [-0.25, -0.2) is 0 Å². The van der Waals surface area contributed by atoms with Crippen LogP contribution < -0.4 is 5.32 Å². The monoisotopic (exact) mass is 215 g/mol. The summed E-state index contributed by atoms with van der Waals surface area (Å²) >= 11 is 0. The van der Waals surface area contributed by atoms with E-state index in [2.05, 4.69) is 5.32 Å². The number of aliphatic hydroxyl groups is 2. The highest BCUT2D eigenvalue weighted by Crippen LogP contribution is 2.30. The fraction of sp³-hybridized carbons (Fsp3) is 0.909. The molecule has 0 spiro atoms. The Hall–Kier alpha value is -0.610. The molecule has 0 bridgehead atoms. The topological polar surface area (TPSA) is 69.6 Å². The first-order valence-electron chi connectivity index (χ1n) is 5.76. The van der Waals surface area contributed by atoms with Crippen molar-refractivity contribution in [3.8, 4) is 0 Å². The van der Waals surface area contributed by atoms with Crippen molar-refractivity contribution in [3.05, 3.63) is 0 Å². The van der Waals surface area contributed by atoms with Crippen molar-refractivity contribution in [2.45, 2.75) is 50.5 Å². The van der Waals surface area contributed by atoms with Gasteiger partial charge in [0, 0.05) is 13.2 Å². The lowest BCUT2D eigenvalue weighted by Gasteiger charge is -2.31. The van der Waals surface area contributed by atoms with Crippen molar-refractivity contribution in [3.63, 3.8) is 0 Å². The second kappa shape index (κ2) is 6.08. The molecule has 0 unspecified atom stereocenters. The number of nitrogens with one attached hydrogen (secondary N) is 1. The van der Waals surface area contributed by atoms with E-state index in [0.29, 0.717) is 13.0 Å². The standard InChI is InChI=1S/C11H21NO3/c13-8-4-7-12-10(14)9-11(15)5-2-1-3-6-11/h13,15H,1-9H2,(H,12,14). The summed E-state index contributed by atoms with van der Waals surface area (Å²) < 4.78 is 0. The fourth-order valence-corrected chi connectivity index (χ4v) is 2.05. The summed E-state index contributed by atoms with van der Waals surface area (Å²) in [4.78, 5) is 11.4. The van der Waals surface area contributed by atoms with Gasteiger partial charge in [-0.05, 0) is 19.3 Å². The van der Waals surface area contributed by atoms with Crippen molar-refractivity contribution < 1.29 is 15.0 Å². The third-order valence-electron chi connectivity index (χ3n) is 2.93. The molecule has 1 aliphatic rings. The molecule has 1 amide bonds. The summed E-state index contributed by atoms with van der Waals surface area (Å²) in [6, 6.07) is 0. The van der Waals surface area contributed by atoms with Gasteiger partial charge in [-0.15, -0.1) is 0 Å². The first kappa shape index (κ1) is 12.5. The zero-order valence-electron chi connectivity index (χ0n) is 9.17. The van der Waals surface area contributed by atoms with Crippen molar-refractivity contribution in [2.75, 3.05) is 13.2 Å². The van der Waals surface area contributed by atoms with Crippen LogP contribution in [0.1, 0.15) is 44.9 Å². The van der Waals surface area contributed by atoms with Crippen LogP contribution in [0.3, 0.4) is 0 Å². The molecular weight excluding hydrogens is 194 g/mol. The summed E-state index contributed by atoms with van der Waals surface area (Å²) in [5, 5.41) is 21.3. The van der Waals surface area contributed by atoms with Gasteiger partial charge in [0.15, 0.2) is 0 Å². The maximum atomic E-state index is 11.4. The fourth-order valence-electron chi connectivity index (χ4n) is 2.05. The highest BCUT2D eigenvalue weighted by molar-refractivity contribution is 5.76. The van der Waals surface area contributed by atoms with E-state index in [-0.39, 0.29) is 18.9 Å². The zero-order valence-corrected chi connectivity index (χ0v) is 9.17. The predicted octanol–water partition coefficient (Wildman–Crippen LogP) is 0.570. The molecule has 0 saturated heterocycles. The smallest absolute Gasteiger partial charge is 0.222 e. The normalized spacial score (nSPS) is 19.9. The van der Waals surface area contributed by atoms with Crippen LogP contribution in [0.4, 0.5) is 0 Å². The van der Waals surface area contributed by atoms with Crippen molar-refractivity contribution in [2.24, 2.45) is 0 Å². The molecule has 0 radical (unpaired) electrons. The average molecular weight is 215 g/mol. The molecule has 4 nitrogen and oxygen atoms in total. The Morgan fingerprint density at radius 1 is 1.27 bits per heavy atom. The van der Waals surface area contributed by atoms with E-state index in [0.717, 1.165) is 32.1 Å². The molecule has 15 heavy (non-hydrogen) atoms. The zero-order chi connectivity index (χ0) is 11.1. The quantitative estimate of drug-likeness (QED) is 0.587. The van der Waals surface area contributed by atoms with E-state index in [1.54, 1.807) is 0 Å². The maximum absolute atomic E-state index is 11.4. The number of carbonyl (C=O) groups is 1. The number of hydrogen-bond donors (Lipinski definition) is 3. The summed E-state index contributed by atoms with van der Waals surface area (Å²) in [7, 11) is 0. The molecule has 0 heterocycles. The van der Waals surface area contributed by atoms with Crippen LogP contribution in [0, 0.1) is 0 Å². The maximum Gasteiger partial charge on any atom is 0.222 e. The summed E-state index contributed by atoms with van der Waals surface area (Å²) in [6.45, 7) is 0.579. The van der Waals surface area contributed by atoms with E-state index in [4.69, 9.17) is 5.11 Å². The molecule has 0 aromatic carbocycles. The summed E-state index contributed by atoms with van der Waals surface area (Å²) in [5.41, 5.74) is -0.776. The Morgan fingerprint density at radius 2 is 1.93 bits per heavy atom. The molecule has 1 rings (SSSR count). The third-order valence-corrected chi connectivity index (χ3v) is 2.93. The lowest BCUT2D eigenvalue weighted by atomic mass is 9.82. The third kappa shape index (κ3) is 4.62. The Labute approximate surface area is 90.7 Å². The number of carbonyl (C=O) groups excluding carboxylic acids is 1. The molecule has 0 aliphatic heterocycles. The number of aliphatic hydroxyl groups excluding tert-OH is 1. The Bertz CT molecular complexity index is 200. The SMILES string of the molecule is O=C(CC1(O)CCCCC1)NCCCO. The first-order valence-corrected chi connectivity index (χ1v) is 5.76. The molecule has 0 aromatic rings. The van der Waals surface area contributed by atoms with E-state index in [1.165, 1.54) is 0 Å². The largest absolute Gasteiger partial charge is 0.396 e. The van der Waals surface area contributed by atoms with E-state index in [1.807, 2.05) is 0 Å². The molecule has 3 N–H and O–H groups in total. The molecule has 1 fully saturated rings. The van der Waals surface area contributed by atoms with Gasteiger partial charge in [-0.3, -0.25) is 4.79 Å². The van der Waals surface area contributed by atoms with Crippen LogP contribution in [0.15, 0.2) is 0 Å². The van der Waals surface area contributed by atoms with Crippen molar-refractivity contribution >= 4 is 5.91 Å². The van der Waals surface area contributed by atoms with Crippen LogP contribution in [0.25, 0.3) is 0 Å². The van der Waals surface area contributed by atoms with Crippen LogP contribution in [-0.4, -0.2) is 34.9 Å². The van der Waals surface area contributed by atoms with Gasteiger partial charge in [0.2, 0.25) is 5.91 Å². The van der Waals surface area contributed by atoms with Gasteiger partial charge in [0.05, 0.1) is 12.0 Å². The lowest BCUT2D eigenvalue weighted by molar-refractivity contribution is -0.127. The van der Waals surface area contributed by atoms with Crippen molar-refractivity contribution in [1.29, 1.82) is 0 Å². The van der Waals surface area contributed by atoms with Gasteiger partial charge in [-0.1, -0.05) is 19.3 Å². The van der Waals surface area contributed by atoms with Crippen LogP contribution in [0.5, 0.6) is 0 Å². The second-order valence-electron chi connectivity index (χ2n) is 4.39. The molecular formula is C11H21NO3. The number of rotatable bonds is 5. The Kier molecular flexibility index (Phi) is 5.05. The van der Waals surface area contributed by atoms with Crippen LogP contribution >= 0.6 is 0 Å². The highest BCUT2D eigenvalue weighted by atomic mass is 16.3. The molecule has 4 heteroatoms. The van der Waals surface area contributed by atoms with Gasteiger partial charge < -0.3 is 15.5 Å². The molecule has 0 aromatic heterocycles. The number of amides is 1. The molecule has 1 aliphatic carbocycles. The Morgan fingerprint density at radius 3 is 2.53 bits per heavy atom. The molecule has 1 saturated carbocycles. The van der Waals surface area contributed by atoms with Crippen LogP contribution in [-0.2, 0) is 4.79 Å². The molecule has 0 atom stereocenters. The van der Waals surface area contributed by atoms with Crippen molar-refractivity contribution in [1.82, 2.24) is 5.32 Å². The second-order valence-corrected chi connectivity index (χ2v) is 4.39. The lowest BCUT2D eigenvalue weighted by Crippen LogP contribution is -2.38. The minimum absolute atomic E-state index is 0.0878. The molecule has 88 valence electrons. The van der Waals surface area contributed by atoms with Gasteiger partial charge >= 0.3 is 0 Å². The van der Waals surface area contributed by atoms with Gasteiger partial charge in [0.1, 0.15) is 0 Å². The van der Waals surface area contributed by atoms with Crippen LogP contribution in [0.2, 0.25) is 0 Å². The summed E-state index contributed by atoms with van der Waals surface area (Å²) in [6.07, 6.45) is 5.44. The number of hydrogen-bond acceptors (Lipinski definition) is 3.